The molecule has 2 heterocycles. The first-order valence-corrected chi connectivity index (χ1v) is 7.50. The third kappa shape index (κ3) is 3.33. The van der Waals surface area contributed by atoms with E-state index in [2.05, 4.69) is 9.97 Å². The van der Waals surface area contributed by atoms with Crippen LogP contribution in [0.3, 0.4) is 0 Å². The number of methoxy groups -OCH3 is 1. The average molecular weight is 326 g/mol. The van der Waals surface area contributed by atoms with Gasteiger partial charge in [-0.25, -0.2) is 4.98 Å². The molecule has 1 aliphatic rings. The van der Waals surface area contributed by atoms with E-state index in [9.17, 15) is 13.2 Å². The van der Waals surface area contributed by atoms with Gasteiger partial charge in [0.25, 0.3) is 0 Å². The van der Waals surface area contributed by atoms with Gasteiger partial charge in [0.05, 0.1) is 30.7 Å². The van der Waals surface area contributed by atoms with Crippen LogP contribution in [0.1, 0.15) is 25.7 Å². The van der Waals surface area contributed by atoms with E-state index in [0.717, 1.165) is 5.39 Å². The highest BCUT2D eigenvalue weighted by Gasteiger charge is 2.41. The lowest BCUT2D eigenvalue weighted by molar-refractivity contribution is -0.185. The highest BCUT2D eigenvalue weighted by Crippen LogP contribution is 2.39. The third-order valence-electron chi connectivity index (χ3n) is 4.19. The number of rotatable bonds is 3. The van der Waals surface area contributed by atoms with Gasteiger partial charge in [-0.15, -0.1) is 0 Å². The maximum Gasteiger partial charge on any atom is 0.391 e. The zero-order valence-electron chi connectivity index (χ0n) is 12.6. The second kappa shape index (κ2) is 6.22. The van der Waals surface area contributed by atoms with Crippen LogP contribution < -0.4 is 9.47 Å². The van der Waals surface area contributed by atoms with Crippen molar-refractivity contribution in [2.45, 2.75) is 38.0 Å². The minimum Gasteiger partial charge on any atom is -0.487 e. The fraction of sp³-hybridized carbons (Fsp3) is 0.500. The lowest BCUT2D eigenvalue weighted by atomic mass is 9.87. The number of hydrogen-bond acceptors (Lipinski definition) is 4. The highest BCUT2D eigenvalue weighted by molar-refractivity contribution is 5.88. The molecule has 2 aromatic rings. The Labute approximate surface area is 131 Å². The van der Waals surface area contributed by atoms with Crippen LogP contribution in [0.5, 0.6) is 11.6 Å². The van der Waals surface area contributed by atoms with Crippen molar-refractivity contribution in [2.75, 3.05) is 7.11 Å². The normalized spacial score (nSPS) is 22.1. The Bertz CT molecular complexity index is 683. The summed E-state index contributed by atoms with van der Waals surface area (Å²) in [5.74, 6) is -0.288. The summed E-state index contributed by atoms with van der Waals surface area (Å²) >= 11 is 0. The molecule has 2 aromatic heterocycles. The minimum atomic E-state index is -4.11. The number of nitrogens with zero attached hydrogens (tertiary/aromatic N) is 2. The van der Waals surface area contributed by atoms with Crippen molar-refractivity contribution in [3.8, 4) is 11.6 Å². The topological polar surface area (TPSA) is 44.2 Å². The number of pyridine rings is 2. The number of ether oxygens (including phenoxy) is 2. The molecule has 0 spiro atoms. The molecule has 0 atom stereocenters. The van der Waals surface area contributed by atoms with E-state index < -0.39 is 12.1 Å². The van der Waals surface area contributed by atoms with Crippen LogP contribution in [-0.4, -0.2) is 29.4 Å². The zero-order chi connectivity index (χ0) is 16.4. The van der Waals surface area contributed by atoms with Gasteiger partial charge in [0.1, 0.15) is 5.52 Å². The van der Waals surface area contributed by atoms with E-state index in [1.807, 2.05) is 6.07 Å². The van der Waals surface area contributed by atoms with E-state index in [-0.39, 0.29) is 18.9 Å². The van der Waals surface area contributed by atoms with Gasteiger partial charge in [-0.05, 0) is 37.8 Å². The molecular weight excluding hydrogens is 309 g/mol. The predicted molar refractivity (Wildman–Crippen MR) is 78.5 cm³/mol. The minimum absolute atomic E-state index is 0.100. The summed E-state index contributed by atoms with van der Waals surface area (Å²) < 4.78 is 49.2. The SMILES string of the molecule is COc1ncc(OC2CCC(C(F)(F)F)CC2)c2ncccc12. The standard InChI is InChI=1S/C16H17F3N2O2/c1-22-15-12-3-2-8-20-14(12)13(9-21-15)23-11-6-4-10(5-7-11)16(17,18)19/h2-3,8-11H,4-7H2,1H3. The van der Waals surface area contributed by atoms with Crippen LogP contribution in [0, 0.1) is 5.92 Å². The van der Waals surface area contributed by atoms with Crippen molar-refractivity contribution in [2.24, 2.45) is 5.92 Å². The first kappa shape index (κ1) is 15.8. The Kier molecular flexibility index (Phi) is 4.28. The molecule has 3 rings (SSSR count). The Morgan fingerprint density at radius 2 is 1.87 bits per heavy atom. The lowest BCUT2D eigenvalue weighted by Gasteiger charge is -2.30. The van der Waals surface area contributed by atoms with Crippen molar-refractivity contribution in [1.29, 1.82) is 0 Å². The molecular formula is C16H17F3N2O2. The molecule has 0 amide bonds. The van der Waals surface area contributed by atoms with Gasteiger partial charge < -0.3 is 9.47 Å². The second-order valence-electron chi connectivity index (χ2n) is 5.66. The fourth-order valence-electron chi connectivity index (χ4n) is 2.96. The number of hydrogen-bond donors (Lipinski definition) is 0. The maximum absolute atomic E-state index is 12.7. The van der Waals surface area contributed by atoms with Crippen molar-refractivity contribution >= 4 is 10.9 Å². The molecule has 0 saturated heterocycles. The summed E-state index contributed by atoms with van der Waals surface area (Å²) in [7, 11) is 1.52. The Balaban J connectivity index is 1.76. The number of halogens is 3. The number of fused-ring (bicyclic) bond motifs is 1. The van der Waals surface area contributed by atoms with E-state index >= 15 is 0 Å². The molecule has 0 radical (unpaired) electrons. The summed E-state index contributed by atoms with van der Waals surface area (Å²) in [6.45, 7) is 0. The van der Waals surface area contributed by atoms with Crippen molar-refractivity contribution in [1.82, 2.24) is 9.97 Å². The molecule has 0 N–H and O–H groups in total. The number of aromatic nitrogens is 2. The molecule has 0 aliphatic heterocycles. The summed E-state index contributed by atoms with van der Waals surface area (Å²) in [5, 5.41) is 0.719. The van der Waals surface area contributed by atoms with E-state index in [1.165, 1.54) is 13.3 Å². The first-order valence-electron chi connectivity index (χ1n) is 7.50. The molecule has 0 aromatic carbocycles. The smallest absolute Gasteiger partial charge is 0.391 e. The molecule has 4 nitrogen and oxygen atoms in total. The quantitative estimate of drug-likeness (QED) is 0.850. The molecule has 124 valence electrons. The Morgan fingerprint density at radius 3 is 2.52 bits per heavy atom. The Hall–Kier alpha value is -2.05. The van der Waals surface area contributed by atoms with Crippen LogP contribution >= 0.6 is 0 Å². The van der Waals surface area contributed by atoms with Gasteiger partial charge in [0, 0.05) is 6.20 Å². The molecule has 0 bridgehead atoms. The molecule has 1 fully saturated rings. The number of alkyl halides is 3. The second-order valence-corrected chi connectivity index (χ2v) is 5.66. The van der Waals surface area contributed by atoms with Crippen LogP contribution in [0.15, 0.2) is 24.5 Å². The first-order chi connectivity index (χ1) is 11.0. The summed E-state index contributed by atoms with van der Waals surface area (Å²) in [6.07, 6.45) is -0.240. The van der Waals surface area contributed by atoms with Crippen LogP contribution in [-0.2, 0) is 0 Å². The summed E-state index contributed by atoms with van der Waals surface area (Å²) in [6, 6.07) is 3.59. The van der Waals surface area contributed by atoms with Crippen LogP contribution in [0.4, 0.5) is 13.2 Å². The third-order valence-corrected chi connectivity index (χ3v) is 4.19. The van der Waals surface area contributed by atoms with Crippen molar-refractivity contribution in [3.05, 3.63) is 24.5 Å². The average Bonchev–Trinajstić information content (AvgIpc) is 2.55. The summed E-state index contributed by atoms with van der Waals surface area (Å²) in [4.78, 5) is 8.46. The van der Waals surface area contributed by atoms with Gasteiger partial charge >= 0.3 is 6.18 Å². The van der Waals surface area contributed by atoms with E-state index in [1.54, 1.807) is 12.3 Å². The summed E-state index contributed by atoms with van der Waals surface area (Å²) in [5.41, 5.74) is 0.609. The molecule has 23 heavy (non-hydrogen) atoms. The monoisotopic (exact) mass is 326 g/mol. The van der Waals surface area contributed by atoms with Gasteiger partial charge in [-0.2, -0.15) is 13.2 Å². The van der Waals surface area contributed by atoms with Crippen molar-refractivity contribution < 1.29 is 22.6 Å². The van der Waals surface area contributed by atoms with Gasteiger partial charge in [0.15, 0.2) is 5.75 Å². The van der Waals surface area contributed by atoms with Crippen LogP contribution in [0.2, 0.25) is 0 Å². The molecule has 7 heteroatoms. The molecule has 0 unspecified atom stereocenters. The van der Waals surface area contributed by atoms with E-state index in [4.69, 9.17) is 9.47 Å². The molecule has 1 saturated carbocycles. The van der Waals surface area contributed by atoms with Gasteiger partial charge in [-0.3, -0.25) is 4.98 Å². The Morgan fingerprint density at radius 1 is 1.13 bits per heavy atom. The largest absolute Gasteiger partial charge is 0.487 e. The molecule has 1 aliphatic carbocycles. The highest BCUT2D eigenvalue weighted by atomic mass is 19.4. The van der Waals surface area contributed by atoms with Gasteiger partial charge in [0.2, 0.25) is 5.88 Å². The van der Waals surface area contributed by atoms with E-state index in [0.29, 0.717) is 30.0 Å². The predicted octanol–water partition coefficient (Wildman–Crippen LogP) is 4.14. The van der Waals surface area contributed by atoms with Crippen LogP contribution in [0.25, 0.3) is 10.9 Å². The van der Waals surface area contributed by atoms with Crippen molar-refractivity contribution in [3.63, 3.8) is 0 Å². The zero-order valence-corrected chi connectivity index (χ0v) is 12.6. The van der Waals surface area contributed by atoms with Gasteiger partial charge in [-0.1, -0.05) is 0 Å². The fourth-order valence-corrected chi connectivity index (χ4v) is 2.96. The lowest BCUT2D eigenvalue weighted by Crippen LogP contribution is -2.31. The maximum atomic E-state index is 12.7.